The van der Waals surface area contributed by atoms with Crippen LogP contribution in [0.15, 0.2) is 60.7 Å². The maximum absolute atomic E-state index is 13.7. The topological polar surface area (TPSA) is 98.4 Å². The third kappa shape index (κ3) is 7.72. The van der Waals surface area contributed by atoms with Gasteiger partial charge in [-0.05, 0) is 55.3 Å². The first-order chi connectivity index (χ1) is 20.3. The molecule has 1 aliphatic rings. The SMILES string of the molecule is COCCCOc1cc(C(=O)N(C[C@@H]2CNC[C@H]2OC(=O)N[C@H](C)c2cccc3ccccc23)C(C)C)ccc1OC. The highest BCUT2D eigenvalue weighted by molar-refractivity contribution is 5.95. The number of carbonyl (C=O) groups excluding carboxylic acids is 2. The summed E-state index contributed by atoms with van der Waals surface area (Å²) in [6, 6.07) is 19.1. The van der Waals surface area contributed by atoms with Crippen LogP contribution in [0.25, 0.3) is 10.8 Å². The molecule has 4 rings (SSSR count). The van der Waals surface area contributed by atoms with Gasteiger partial charge in [0.25, 0.3) is 5.91 Å². The molecular weight excluding hydrogens is 534 g/mol. The lowest BCUT2D eigenvalue weighted by atomic mass is 10.00. The molecule has 1 aliphatic heterocycles. The molecule has 1 heterocycles. The average Bonchev–Trinajstić information content (AvgIpc) is 3.43. The summed E-state index contributed by atoms with van der Waals surface area (Å²) in [5.74, 6) is 0.910. The van der Waals surface area contributed by atoms with E-state index in [-0.39, 0.29) is 30.0 Å². The van der Waals surface area contributed by atoms with Crippen LogP contribution in [0.5, 0.6) is 11.5 Å². The van der Waals surface area contributed by atoms with Gasteiger partial charge in [-0.15, -0.1) is 0 Å². The lowest BCUT2D eigenvalue weighted by Crippen LogP contribution is -2.44. The van der Waals surface area contributed by atoms with Crippen LogP contribution in [0.2, 0.25) is 0 Å². The number of nitrogens with one attached hydrogen (secondary N) is 2. The zero-order chi connectivity index (χ0) is 30.1. The van der Waals surface area contributed by atoms with Gasteiger partial charge in [-0.2, -0.15) is 0 Å². The number of hydrogen-bond acceptors (Lipinski definition) is 7. The summed E-state index contributed by atoms with van der Waals surface area (Å²) < 4.78 is 22.3. The summed E-state index contributed by atoms with van der Waals surface area (Å²) in [5.41, 5.74) is 1.54. The second-order valence-electron chi connectivity index (χ2n) is 10.9. The minimum absolute atomic E-state index is 0.0574. The summed E-state index contributed by atoms with van der Waals surface area (Å²) in [6.07, 6.45) is -0.114. The van der Waals surface area contributed by atoms with E-state index in [9.17, 15) is 9.59 Å². The summed E-state index contributed by atoms with van der Waals surface area (Å²) in [4.78, 5) is 28.5. The number of alkyl carbamates (subject to hydrolysis) is 1. The highest BCUT2D eigenvalue weighted by Crippen LogP contribution is 2.30. The zero-order valence-corrected chi connectivity index (χ0v) is 25.2. The number of carbonyl (C=O) groups is 2. The Hall–Kier alpha value is -3.82. The Morgan fingerprint density at radius 1 is 0.976 bits per heavy atom. The maximum Gasteiger partial charge on any atom is 0.407 e. The van der Waals surface area contributed by atoms with Crippen molar-refractivity contribution >= 4 is 22.8 Å². The maximum atomic E-state index is 13.7. The van der Waals surface area contributed by atoms with Crippen LogP contribution in [0, 0.1) is 5.92 Å². The van der Waals surface area contributed by atoms with Crippen molar-refractivity contribution in [3.8, 4) is 11.5 Å². The molecule has 3 aromatic rings. The van der Waals surface area contributed by atoms with Crippen molar-refractivity contribution in [1.82, 2.24) is 15.5 Å². The Balaban J connectivity index is 1.40. The normalized spacial score (nSPS) is 17.2. The molecule has 3 atom stereocenters. The average molecular weight is 578 g/mol. The van der Waals surface area contributed by atoms with E-state index in [4.69, 9.17) is 18.9 Å². The molecule has 9 nitrogen and oxygen atoms in total. The molecule has 0 saturated carbocycles. The highest BCUT2D eigenvalue weighted by Gasteiger charge is 2.34. The predicted octanol–water partition coefficient (Wildman–Crippen LogP) is 5.19. The number of ether oxygens (including phenoxy) is 4. The minimum atomic E-state index is -0.470. The first-order valence-corrected chi connectivity index (χ1v) is 14.6. The van der Waals surface area contributed by atoms with Crippen molar-refractivity contribution in [1.29, 1.82) is 0 Å². The first-order valence-electron chi connectivity index (χ1n) is 14.6. The molecule has 9 heteroatoms. The first kappa shape index (κ1) is 31.1. The zero-order valence-electron chi connectivity index (χ0n) is 25.2. The molecular formula is C33H43N3O6. The fourth-order valence-electron chi connectivity index (χ4n) is 5.34. The van der Waals surface area contributed by atoms with Crippen molar-refractivity contribution in [3.63, 3.8) is 0 Å². The number of nitrogens with zero attached hydrogens (tertiary/aromatic N) is 1. The van der Waals surface area contributed by atoms with Crippen LogP contribution in [-0.4, -0.2) is 76.1 Å². The lowest BCUT2D eigenvalue weighted by molar-refractivity contribution is 0.0516. The molecule has 0 bridgehead atoms. The number of fused-ring (bicyclic) bond motifs is 1. The Bertz CT molecular complexity index is 1340. The second kappa shape index (κ2) is 14.9. The number of methoxy groups -OCH3 is 2. The van der Waals surface area contributed by atoms with Crippen LogP contribution in [-0.2, 0) is 9.47 Å². The van der Waals surface area contributed by atoms with Crippen LogP contribution in [0.1, 0.15) is 49.2 Å². The third-order valence-corrected chi connectivity index (χ3v) is 7.64. The molecule has 226 valence electrons. The van der Waals surface area contributed by atoms with Gasteiger partial charge in [0.05, 0.1) is 19.8 Å². The van der Waals surface area contributed by atoms with E-state index in [1.165, 1.54) is 0 Å². The van der Waals surface area contributed by atoms with Crippen molar-refractivity contribution in [2.24, 2.45) is 5.92 Å². The molecule has 42 heavy (non-hydrogen) atoms. The van der Waals surface area contributed by atoms with E-state index >= 15 is 0 Å². The quantitative estimate of drug-likeness (QED) is 0.270. The molecule has 2 N–H and O–H groups in total. The molecule has 1 fully saturated rings. The number of amides is 2. The third-order valence-electron chi connectivity index (χ3n) is 7.64. The van der Waals surface area contributed by atoms with E-state index in [0.29, 0.717) is 49.9 Å². The van der Waals surface area contributed by atoms with Crippen LogP contribution >= 0.6 is 0 Å². The van der Waals surface area contributed by atoms with E-state index in [0.717, 1.165) is 22.8 Å². The molecule has 1 saturated heterocycles. The molecule has 0 unspecified atom stereocenters. The van der Waals surface area contributed by atoms with E-state index in [1.54, 1.807) is 32.4 Å². The molecule has 0 spiro atoms. The monoisotopic (exact) mass is 577 g/mol. The lowest BCUT2D eigenvalue weighted by Gasteiger charge is -2.31. The molecule has 0 aliphatic carbocycles. The molecule has 0 radical (unpaired) electrons. The van der Waals surface area contributed by atoms with Crippen molar-refractivity contribution < 1.29 is 28.5 Å². The fourth-order valence-corrected chi connectivity index (χ4v) is 5.34. The molecule has 0 aromatic heterocycles. The van der Waals surface area contributed by atoms with Gasteiger partial charge in [0.2, 0.25) is 0 Å². The fraction of sp³-hybridized carbons (Fsp3) is 0.455. The summed E-state index contributed by atoms with van der Waals surface area (Å²) in [7, 11) is 3.22. The van der Waals surface area contributed by atoms with E-state index < -0.39 is 6.09 Å². The van der Waals surface area contributed by atoms with Crippen LogP contribution < -0.4 is 20.1 Å². The van der Waals surface area contributed by atoms with Crippen molar-refractivity contribution in [2.45, 2.75) is 45.4 Å². The van der Waals surface area contributed by atoms with E-state index in [2.05, 4.69) is 28.8 Å². The number of hydrogen-bond donors (Lipinski definition) is 2. The standard InChI is InChI=1S/C33H43N3O6/c1-22(2)36(32(37)25-14-15-29(40-5)30(18-25)41-17-9-16-39-4)21-26-19-34-20-31(26)42-33(38)35-23(3)27-13-8-11-24-10-6-7-12-28(24)27/h6-8,10-15,18,22-23,26,31,34H,9,16-17,19-21H2,1-5H3,(H,35,38)/t23-,26+,31-/m1/s1. The van der Waals surface area contributed by atoms with Gasteiger partial charge >= 0.3 is 6.09 Å². The second-order valence-corrected chi connectivity index (χ2v) is 10.9. The molecule has 3 aromatic carbocycles. The Kier molecular flexibility index (Phi) is 11.0. The predicted molar refractivity (Wildman–Crippen MR) is 163 cm³/mol. The summed E-state index contributed by atoms with van der Waals surface area (Å²) in [5, 5.41) is 8.55. The number of benzene rings is 3. The van der Waals surface area contributed by atoms with Gasteiger partial charge in [0.15, 0.2) is 11.5 Å². The Morgan fingerprint density at radius 2 is 1.76 bits per heavy atom. The smallest absolute Gasteiger partial charge is 0.407 e. The van der Waals surface area contributed by atoms with Gasteiger partial charge in [-0.1, -0.05) is 42.5 Å². The summed E-state index contributed by atoms with van der Waals surface area (Å²) >= 11 is 0. The molecule has 2 amide bonds. The van der Waals surface area contributed by atoms with Crippen LogP contribution in [0.4, 0.5) is 4.79 Å². The van der Waals surface area contributed by atoms with Gasteiger partial charge in [-0.3, -0.25) is 4.79 Å². The van der Waals surface area contributed by atoms with E-state index in [1.807, 2.05) is 49.9 Å². The summed E-state index contributed by atoms with van der Waals surface area (Å²) in [6.45, 7) is 8.57. The Morgan fingerprint density at radius 3 is 2.52 bits per heavy atom. The van der Waals surface area contributed by atoms with Gasteiger partial charge in [-0.25, -0.2) is 4.79 Å². The minimum Gasteiger partial charge on any atom is -0.493 e. The van der Waals surface area contributed by atoms with Crippen molar-refractivity contribution in [2.75, 3.05) is 47.1 Å². The van der Waals surface area contributed by atoms with Gasteiger partial charge < -0.3 is 34.5 Å². The van der Waals surface area contributed by atoms with Crippen LogP contribution in [0.3, 0.4) is 0 Å². The Labute approximate surface area is 248 Å². The number of rotatable bonds is 13. The highest BCUT2D eigenvalue weighted by atomic mass is 16.6. The largest absolute Gasteiger partial charge is 0.493 e. The van der Waals surface area contributed by atoms with Gasteiger partial charge in [0.1, 0.15) is 6.10 Å². The van der Waals surface area contributed by atoms with Gasteiger partial charge in [0, 0.05) is 57.3 Å². The van der Waals surface area contributed by atoms with Crippen molar-refractivity contribution in [3.05, 3.63) is 71.8 Å².